The van der Waals surface area contributed by atoms with Gasteiger partial charge in [0.05, 0.1) is 5.56 Å². The van der Waals surface area contributed by atoms with Gasteiger partial charge in [0, 0.05) is 6.04 Å². The van der Waals surface area contributed by atoms with Gasteiger partial charge in [0.2, 0.25) is 0 Å². The molecule has 5 heteroatoms. The van der Waals surface area contributed by atoms with Gasteiger partial charge in [-0.25, -0.2) is 0 Å². The largest absolute Gasteiger partial charge is 0.416 e. The number of halogens is 3. The van der Waals surface area contributed by atoms with Gasteiger partial charge in [0.25, 0.3) is 0 Å². The van der Waals surface area contributed by atoms with Crippen molar-refractivity contribution in [1.29, 1.82) is 0 Å². The van der Waals surface area contributed by atoms with Crippen LogP contribution in [0.4, 0.5) is 13.2 Å². The molecule has 0 aliphatic heterocycles. The summed E-state index contributed by atoms with van der Waals surface area (Å²) in [7, 11) is 0. The lowest BCUT2D eigenvalue weighted by molar-refractivity contribution is -0.137. The second-order valence-electron chi connectivity index (χ2n) is 3.42. The van der Waals surface area contributed by atoms with Gasteiger partial charge in [-0.1, -0.05) is 11.6 Å². The second kappa shape index (κ2) is 4.90. The van der Waals surface area contributed by atoms with E-state index in [1.54, 1.807) is 19.9 Å². The quantitative estimate of drug-likeness (QED) is 0.797. The molecule has 2 N–H and O–H groups in total. The van der Waals surface area contributed by atoms with Crippen LogP contribution in [0.1, 0.15) is 29.7 Å². The van der Waals surface area contributed by atoms with Crippen molar-refractivity contribution in [1.82, 2.24) is 0 Å². The van der Waals surface area contributed by atoms with Gasteiger partial charge < -0.3 is 5.73 Å². The molecule has 0 aliphatic carbocycles. The molecular weight excluding hydrogens is 223 g/mol. The summed E-state index contributed by atoms with van der Waals surface area (Å²) in [5.74, 6) is 0. The summed E-state index contributed by atoms with van der Waals surface area (Å²) < 4.78 is 37.1. The molecule has 0 saturated heterocycles. The standard InChI is InChI=1S/C10H12F3N.H2S/c1-6-3-8(7(2)14)5-9(4-6)10(11,12)13;/h3-5,7H,14H2,1-2H3;1H2/t7-;/m0./s1. The molecule has 0 saturated carbocycles. The van der Waals surface area contributed by atoms with Crippen molar-refractivity contribution in [2.24, 2.45) is 5.73 Å². The minimum absolute atomic E-state index is 0. The highest BCUT2D eigenvalue weighted by atomic mass is 32.1. The maximum atomic E-state index is 12.4. The van der Waals surface area contributed by atoms with Crippen molar-refractivity contribution >= 4 is 13.5 Å². The van der Waals surface area contributed by atoms with Crippen molar-refractivity contribution < 1.29 is 13.2 Å². The van der Waals surface area contributed by atoms with Crippen LogP contribution in [0.25, 0.3) is 0 Å². The van der Waals surface area contributed by atoms with E-state index in [2.05, 4.69) is 0 Å². The van der Waals surface area contributed by atoms with Gasteiger partial charge in [-0.05, 0) is 31.5 Å². The first kappa shape index (κ1) is 14.3. The van der Waals surface area contributed by atoms with Gasteiger partial charge in [0.15, 0.2) is 0 Å². The number of alkyl halides is 3. The van der Waals surface area contributed by atoms with E-state index >= 15 is 0 Å². The molecular formula is C10H14F3NS. The van der Waals surface area contributed by atoms with Crippen LogP contribution in [0.3, 0.4) is 0 Å². The molecule has 1 rings (SSSR count). The Bertz CT molecular complexity index is 334. The minimum Gasteiger partial charge on any atom is -0.324 e. The van der Waals surface area contributed by atoms with E-state index in [1.807, 2.05) is 0 Å². The van der Waals surface area contributed by atoms with E-state index in [0.717, 1.165) is 12.1 Å². The third-order valence-corrected chi connectivity index (χ3v) is 1.95. The van der Waals surface area contributed by atoms with Crippen molar-refractivity contribution in [3.8, 4) is 0 Å². The summed E-state index contributed by atoms with van der Waals surface area (Å²) in [6.45, 7) is 3.29. The van der Waals surface area contributed by atoms with Crippen molar-refractivity contribution in [3.05, 3.63) is 34.9 Å². The minimum atomic E-state index is -4.30. The van der Waals surface area contributed by atoms with Crippen LogP contribution in [0.5, 0.6) is 0 Å². The van der Waals surface area contributed by atoms with E-state index in [9.17, 15) is 13.2 Å². The fourth-order valence-electron chi connectivity index (χ4n) is 1.24. The molecule has 1 nitrogen and oxygen atoms in total. The first-order valence-electron chi connectivity index (χ1n) is 4.25. The van der Waals surface area contributed by atoms with Crippen molar-refractivity contribution in [2.75, 3.05) is 0 Å². The third-order valence-electron chi connectivity index (χ3n) is 1.95. The van der Waals surface area contributed by atoms with Gasteiger partial charge in [0.1, 0.15) is 0 Å². The number of hydrogen-bond acceptors (Lipinski definition) is 1. The molecule has 0 spiro atoms. The van der Waals surface area contributed by atoms with Crippen molar-refractivity contribution in [3.63, 3.8) is 0 Å². The molecule has 86 valence electrons. The molecule has 0 amide bonds. The maximum Gasteiger partial charge on any atom is 0.416 e. The zero-order chi connectivity index (χ0) is 10.9. The normalized spacial score (nSPS) is 13.2. The summed E-state index contributed by atoms with van der Waals surface area (Å²) in [6.07, 6.45) is -4.30. The van der Waals surface area contributed by atoms with Gasteiger partial charge >= 0.3 is 6.18 Å². The number of hydrogen-bond donors (Lipinski definition) is 1. The highest BCUT2D eigenvalue weighted by molar-refractivity contribution is 7.59. The summed E-state index contributed by atoms with van der Waals surface area (Å²) in [4.78, 5) is 0. The molecule has 1 atom stereocenters. The Morgan fingerprint density at radius 3 is 2.13 bits per heavy atom. The van der Waals surface area contributed by atoms with E-state index in [0.29, 0.717) is 11.1 Å². The second-order valence-corrected chi connectivity index (χ2v) is 3.42. The summed E-state index contributed by atoms with van der Waals surface area (Å²) in [5.41, 5.74) is 5.98. The predicted molar refractivity (Wildman–Crippen MR) is 59.2 cm³/mol. The molecule has 0 unspecified atom stereocenters. The van der Waals surface area contributed by atoms with E-state index in [4.69, 9.17) is 5.73 Å². The van der Waals surface area contributed by atoms with Crippen molar-refractivity contribution in [2.45, 2.75) is 26.1 Å². The van der Waals surface area contributed by atoms with Gasteiger partial charge in [-0.3, -0.25) is 0 Å². The Morgan fingerprint density at radius 1 is 1.20 bits per heavy atom. The first-order valence-corrected chi connectivity index (χ1v) is 4.25. The van der Waals surface area contributed by atoms with Crippen LogP contribution in [-0.4, -0.2) is 0 Å². The number of aryl methyl sites for hydroxylation is 1. The van der Waals surface area contributed by atoms with Crippen LogP contribution in [0.2, 0.25) is 0 Å². The molecule has 15 heavy (non-hydrogen) atoms. The number of nitrogens with two attached hydrogens (primary N) is 1. The molecule has 0 aliphatic rings. The molecule has 1 aromatic rings. The third kappa shape index (κ3) is 3.76. The van der Waals surface area contributed by atoms with E-state index < -0.39 is 11.7 Å². The lowest BCUT2D eigenvalue weighted by Gasteiger charge is -2.12. The maximum absolute atomic E-state index is 12.4. The lowest BCUT2D eigenvalue weighted by Crippen LogP contribution is -2.10. The molecule has 1 aromatic carbocycles. The number of rotatable bonds is 1. The zero-order valence-corrected chi connectivity index (χ0v) is 9.52. The lowest BCUT2D eigenvalue weighted by atomic mass is 10.0. The Balaban J connectivity index is 0.00000196. The molecule has 0 bridgehead atoms. The smallest absolute Gasteiger partial charge is 0.324 e. The summed E-state index contributed by atoms with van der Waals surface area (Å²) >= 11 is 0. The van der Waals surface area contributed by atoms with Crippen LogP contribution >= 0.6 is 13.5 Å². The molecule has 0 radical (unpaired) electrons. The van der Waals surface area contributed by atoms with Crippen LogP contribution < -0.4 is 5.73 Å². The van der Waals surface area contributed by atoms with E-state index in [-0.39, 0.29) is 19.5 Å². The van der Waals surface area contributed by atoms with E-state index in [1.165, 1.54) is 0 Å². The summed E-state index contributed by atoms with van der Waals surface area (Å²) in [6, 6.07) is 3.50. The topological polar surface area (TPSA) is 26.0 Å². The van der Waals surface area contributed by atoms with Crippen LogP contribution in [0, 0.1) is 6.92 Å². The number of benzene rings is 1. The van der Waals surface area contributed by atoms with Crippen LogP contribution in [-0.2, 0) is 6.18 Å². The fraction of sp³-hybridized carbons (Fsp3) is 0.400. The Labute approximate surface area is 93.9 Å². The SMILES string of the molecule is Cc1cc([C@H](C)N)cc(C(F)(F)F)c1.S. The molecule has 0 heterocycles. The summed E-state index contributed by atoms with van der Waals surface area (Å²) in [5, 5.41) is 0. The Hall–Kier alpha value is -0.680. The predicted octanol–water partition coefficient (Wildman–Crippen LogP) is 3.15. The zero-order valence-electron chi connectivity index (χ0n) is 8.52. The average molecular weight is 237 g/mol. The van der Waals surface area contributed by atoms with Crippen LogP contribution in [0.15, 0.2) is 18.2 Å². The van der Waals surface area contributed by atoms with Gasteiger partial charge in [-0.2, -0.15) is 26.7 Å². The molecule has 0 fully saturated rings. The monoisotopic (exact) mass is 237 g/mol. The first-order chi connectivity index (χ1) is 6.30. The highest BCUT2D eigenvalue weighted by Gasteiger charge is 2.30. The fourth-order valence-corrected chi connectivity index (χ4v) is 1.24. The average Bonchev–Trinajstić information content (AvgIpc) is 2.01. The Morgan fingerprint density at radius 2 is 1.73 bits per heavy atom. The Kier molecular flexibility index (Phi) is 4.67. The molecule has 0 aromatic heterocycles. The highest BCUT2D eigenvalue weighted by Crippen LogP contribution is 2.31. The van der Waals surface area contributed by atoms with Gasteiger partial charge in [-0.15, -0.1) is 0 Å².